The third-order valence-electron chi connectivity index (χ3n) is 1.04. The predicted octanol–water partition coefficient (Wildman–Crippen LogP) is -3.13. The van der Waals surface area contributed by atoms with Crippen LogP contribution in [0.2, 0.25) is 0 Å². The highest BCUT2D eigenvalue weighted by molar-refractivity contribution is 6.65. The lowest BCUT2D eigenvalue weighted by atomic mass is 9.82. The summed E-state index contributed by atoms with van der Waals surface area (Å²) in [5.41, 5.74) is 0. The molecule has 1 fully saturated rings. The smallest absolute Gasteiger partial charge is 0.306 e. The van der Waals surface area contributed by atoms with Gasteiger partial charge in [-0.25, -0.2) is 0 Å². The van der Waals surface area contributed by atoms with Crippen molar-refractivity contribution < 1.29 is 0 Å². The van der Waals surface area contributed by atoms with Crippen LogP contribution in [-0.4, -0.2) is 27.4 Å². The minimum Gasteiger partial charge on any atom is -0.398 e. The van der Waals surface area contributed by atoms with Gasteiger partial charge >= 0.3 is 15.1 Å². The Balaban J connectivity index is 2.25. The van der Waals surface area contributed by atoms with Crippen LogP contribution >= 0.6 is 0 Å². The van der Waals surface area contributed by atoms with Crippen LogP contribution in [0, 0.1) is 12.5 Å². The van der Waals surface area contributed by atoms with Crippen LogP contribution in [0.3, 0.4) is 0 Å². The molecule has 2 N–H and O–H groups in total. The van der Waals surface area contributed by atoms with Gasteiger partial charge in [-0.2, -0.15) is 0 Å². The highest BCUT2D eigenvalue weighted by Crippen LogP contribution is 1.73. The third kappa shape index (κ3) is 1.22. The predicted molar refractivity (Wildman–Crippen MR) is 38.4 cm³/mol. The number of nitrogens with zero attached hydrogens (tertiary/aromatic N) is 1. The van der Waals surface area contributed by atoms with E-state index in [9.17, 15) is 0 Å². The molecule has 1 aliphatic heterocycles. The summed E-state index contributed by atoms with van der Waals surface area (Å²) in [4.78, 5) is 0. The normalized spacial score (nSPS) is 17.1. The Morgan fingerprint density at radius 3 is 2.38 bits per heavy atom. The quantitative estimate of drug-likeness (QED) is 0.251. The minimum absolute atomic E-state index is 0.795. The molecule has 0 aliphatic carbocycles. The summed E-state index contributed by atoms with van der Waals surface area (Å²) in [5, 5.41) is 6.12. The van der Waals surface area contributed by atoms with Crippen molar-refractivity contribution in [2.45, 2.75) is 0 Å². The molecule has 0 atom stereocenters. The van der Waals surface area contributed by atoms with Gasteiger partial charge in [0, 0.05) is 0 Å². The van der Waals surface area contributed by atoms with Gasteiger partial charge in [0.2, 0.25) is 0 Å². The van der Waals surface area contributed by atoms with Crippen LogP contribution in [-0.2, 0) is 0 Å². The van der Waals surface area contributed by atoms with Crippen LogP contribution in [0.5, 0.6) is 0 Å². The number of nitrogens with one attached hydrogen (secondary N) is 2. The largest absolute Gasteiger partial charge is 0.398 e. The molecule has 1 saturated heterocycles. The van der Waals surface area contributed by atoms with Gasteiger partial charge in [0.05, 0.1) is 0 Å². The zero-order valence-electron chi connectivity index (χ0n) is 4.65. The van der Waals surface area contributed by atoms with Crippen LogP contribution in [0.25, 0.3) is 0 Å². The highest BCUT2D eigenvalue weighted by atomic mass is 15.1. The zero-order valence-corrected chi connectivity index (χ0v) is 4.65. The van der Waals surface area contributed by atoms with Crippen LogP contribution in [0.15, 0.2) is 0 Å². The number of rotatable bonds is 0. The van der Waals surface area contributed by atoms with E-state index in [1.807, 2.05) is 4.72 Å². The van der Waals surface area contributed by atoms with Crippen LogP contribution in [0.1, 0.15) is 0 Å². The molecule has 6 heteroatoms. The number of hydrogen-bond acceptors (Lipinski definition) is 3. The molecule has 0 aromatic carbocycles. The van der Waals surface area contributed by atoms with Gasteiger partial charge in [0.15, 0.2) is 0 Å². The minimum atomic E-state index is 0.795. The summed E-state index contributed by atoms with van der Waals surface area (Å²) >= 11 is 0. The van der Waals surface area contributed by atoms with E-state index in [1.165, 1.54) is 0 Å². The van der Waals surface area contributed by atoms with Crippen molar-refractivity contribution in [3.63, 3.8) is 0 Å². The fourth-order valence-corrected chi connectivity index (χ4v) is 0.617. The molecule has 8 heavy (non-hydrogen) atoms. The second kappa shape index (κ2) is 2.70. The van der Waals surface area contributed by atoms with E-state index in [0.29, 0.717) is 0 Å². The van der Waals surface area contributed by atoms with Crippen molar-refractivity contribution in [3.8, 4) is 12.5 Å². The second-order valence-corrected chi connectivity index (χ2v) is 1.66. The zero-order chi connectivity index (χ0) is 5.82. The molecular weight excluding hydrogens is 98.5 g/mol. The molecule has 1 aliphatic rings. The van der Waals surface area contributed by atoms with E-state index < -0.39 is 0 Å². The SMILES string of the molecule is C#CN1BNBNB1. The fourth-order valence-electron chi connectivity index (χ4n) is 0.617. The highest BCUT2D eigenvalue weighted by Gasteiger charge is 2.08. The Morgan fingerprint density at radius 1 is 1.38 bits per heavy atom. The maximum Gasteiger partial charge on any atom is 0.306 e. The molecule has 0 bridgehead atoms. The summed E-state index contributed by atoms with van der Waals surface area (Å²) in [6.07, 6.45) is 5.10. The molecule has 1 rings (SSSR count). The Morgan fingerprint density at radius 2 is 2.00 bits per heavy atom. The van der Waals surface area contributed by atoms with Gasteiger partial charge in [0.1, 0.15) is 0 Å². The first kappa shape index (κ1) is 5.61. The summed E-state index contributed by atoms with van der Waals surface area (Å²) in [5.74, 6) is 0. The van der Waals surface area contributed by atoms with E-state index >= 15 is 0 Å². The van der Waals surface area contributed by atoms with Crippen molar-refractivity contribution in [2.24, 2.45) is 0 Å². The van der Waals surface area contributed by atoms with Crippen molar-refractivity contribution in [3.05, 3.63) is 0 Å². The molecule has 3 nitrogen and oxygen atoms in total. The molecule has 38 valence electrons. The van der Waals surface area contributed by atoms with Crippen molar-refractivity contribution in [1.82, 2.24) is 15.0 Å². The van der Waals surface area contributed by atoms with Gasteiger partial charge in [-0.05, 0) is 6.04 Å². The van der Waals surface area contributed by atoms with Gasteiger partial charge in [-0.1, -0.05) is 6.42 Å². The Kier molecular flexibility index (Phi) is 1.89. The van der Waals surface area contributed by atoms with Crippen LogP contribution in [0.4, 0.5) is 0 Å². The van der Waals surface area contributed by atoms with Crippen molar-refractivity contribution >= 4 is 22.6 Å². The van der Waals surface area contributed by atoms with E-state index in [1.54, 1.807) is 0 Å². The van der Waals surface area contributed by atoms with Crippen LogP contribution < -0.4 is 10.3 Å². The Bertz CT molecular complexity index is 104. The molecule has 0 unspecified atom stereocenters. The lowest BCUT2D eigenvalue weighted by Gasteiger charge is -2.20. The topological polar surface area (TPSA) is 27.3 Å². The second-order valence-electron chi connectivity index (χ2n) is 1.66. The molecule has 0 spiro atoms. The van der Waals surface area contributed by atoms with E-state index in [-0.39, 0.29) is 0 Å². The van der Waals surface area contributed by atoms with Crippen molar-refractivity contribution in [1.29, 1.82) is 0 Å². The molecule has 0 aromatic heterocycles. The number of hydrogen-bond donors (Lipinski definition) is 2. The van der Waals surface area contributed by atoms with Gasteiger partial charge in [-0.3, -0.25) is 0 Å². The average molecular weight is 105 g/mol. The van der Waals surface area contributed by atoms with Gasteiger partial charge < -0.3 is 15.0 Å². The first-order chi connectivity index (χ1) is 3.93. The number of terminal acetylenes is 1. The van der Waals surface area contributed by atoms with E-state index in [4.69, 9.17) is 6.42 Å². The third-order valence-corrected chi connectivity index (χ3v) is 1.04. The monoisotopic (exact) mass is 105 g/mol. The standard InChI is InChI=1S/C2H6B3N3/c1-2-8-4-6-3-7-5-8/h1,3-7H. The first-order valence-electron chi connectivity index (χ1n) is 2.56. The molecular formula is C2H6B3N3. The maximum absolute atomic E-state index is 5.10. The maximum atomic E-state index is 5.10. The molecule has 0 aromatic rings. The lowest BCUT2D eigenvalue weighted by Crippen LogP contribution is -2.55. The molecule has 1 heterocycles. The van der Waals surface area contributed by atoms with E-state index in [0.717, 1.165) is 22.6 Å². The average Bonchev–Trinajstić information content (AvgIpc) is 1.90. The van der Waals surface area contributed by atoms with Gasteiger partial charge in [0.25, 0.3) is 7.55 Å². The summed E-state index contributed by atoms with van der Waals surface area (Å²) in [6, 6.07) is 2.51. The van der Waals surface area contributed by atoms with Gasteiger partial charge in [-0.15, -0.1) is 0 Å². The first-order valence-corrected chi connectivity index (χ1v) is 2.56. The Labute approximate surface area is 51.1 Å². The lowest BCUT2D eigenvalue weighted by molar-refractivity contribution is 0.934. The summed E-state index contributed by atoms with van der Waals surface area (Å²) in [7, 11) is 2.45. The summed E-state index contributed by atoms with van der Waals surface area (Å²) in [6.45, 7) is 0. The molecule has 0 radical (unpaired) electrons. The van der Waals surface area contributed by atoms with E-state index in [2.05, 4.69) is 16.3 Å². The van der Waals surface area contributed by atoms with Crippen molar-refractivity contribution in [2.75, 3.05) is 0 Å². The fraction of sp³-hybridized carbons (Fsp3) is 0. The Hall–Kier alpha value is -0.525. The molecule has 0 amide bonds. The summed E-state index contributed by atoms with van der Waals surface area (Å²) < 4.78 is 1.82. The molecule has 0 saturated carbocycles.